The number of hydrogen-bond acceptors (Lipinski definition) is 4. The molecule has 0 aliphatic carbocycles. The van der Waals surface area contributed by atoms with Crippen LogP contribution in [-0.4, -0.2) is 34.9 Å². The Morgan fingerprint density at radius 3 is 2.74 bits per heavy atom. The summed E-state index contributed by atoms with van der Waals surface area (Å²) in [5, 5.41) is 9.62. The minimum Gasteiger partial charge on any atom is -0.340 e. The zero-order valence-corrected chi connectivity index (χ0v) is 15.4. The van der Waals surface area contributed by atoms with Crippen molar-refractivity contribution in [1.29, 1.82) is 5.26 Å². The van der Waals surface area contributed by atoms with Gasteiger partial charge in [0.1, 0.15) is 6.17 Å². The molecule has 1 saturated heterocycles. The van der Waals surface area contributed by atoms with E-state index in [0.29, 0.717) is 36.6 Å². The zero-order chi connectivity index (χ0) is 19.0. The molecule has 2 aromatic carbocycles. The number of fused-ring (bicyclic) bond motifs is 1. The van der Waals surface area contributed by atoms with E-state index >= 15 is 0 Å². The number of nitrogens with two attached hydrogens (primary N) is 1. The second-order valence-corrected chi connectivity index (χ2v) is 7.29. The van der Waals surface area contributed by atoms with Crippen LogP contribution in [0.3, 0.4) is 0 Å². The molecule has 0 radical (unpaired) electrons. The van der Waals surface area contributed by atoms with Crippen molar-refractivity contribution in [2.24, 2.45) is 5.73 Å². The van der Waals surface area contributed by atoms with Crippen molar-refractivity contribution in [3.05, 3.63) is 58.6 Å². The summed E-state index contributed by atoms with van der Waals surface area (Å²) < 4.78 is 15.9. The number of nitriles is 1. The van der Waals surface area contributed by atoms with Crippen LogP contribution < -0.4 is 10.6 Å². The van der Waals surface area contributed by atoms with E-state index in [1.54, 1.807) is 12.1 Å². The predicted octanol–water partition coefficient (Wildman–Crippen LogP) is 3.49. The van der Waals surface area contributed by atoms with Crippen LogP contribution in [0.2, 0.25) is 5.02 Å². The molecule has 2 N–H and O–H groups in total. The van der Waals surface area contributed by atoms with E-state index in [4.69, 9.17) is 27.6 Å². The Labute approximate surface area is 161 Å². The van der Waals surface area contributed by atoms with Crippen molar-refractivity contribution in [2.45, 2.75) is 25.2 Å². The molecule has 4 rings (SSSR count). The molecule has 5 nitrogen and oxygen atoms in total. The summed E-state index contributed by atoms with van der Waals surface area (Å²) in [4.78, 5) is 6.81. The first-order chi connectivity index (χ1) is 13.0. The van der Waals surface area contributed by atoms with Gasteiger partial charge in [0.15, 0.2) is 0 Å². The Kier molecular flexibility index (Phi) is 4.73. The normalized spacial score (nSPS) is 20.0. The molecule has 0 spiro atoms. The molecular weight excluding hydrogens is 365 g/mol. The van der Waals surface area contributed by atoms with Crippen molar-refractivity contribution in [1.82, 2.24) is 9.55 Å². The third kappa shape index (κ3) is 3.48. The lowest BCUT2D eigenvalue weighted by Gasteiger charge is -2.34. The molecule has 7 heteroatoms. The van der Waals surface area contributed by atoms with Gasteiger partial charge in [-0.05, 0) is 42.3 Å². The minimum atomic E-state index is -0.980. The number of halogens is 2. The molecule has 1 aromatic heterocycles. The van der Waals surface area contributed by atoms with E-state index in [1.165, 1.54) is 0 Å². The van der Waals surface area contributed by atoms with Crippen LogP contribution in [0.4, 0.5) is 10.3 Å². The van der Waals surface area contributed by atoms with Crippen LogP contribution in [0.15, 0.2) is 42.5 Å². The first-order valence-electron chi connectivity index (χ1n) is 8.84. The predicted molar refractivity (Wildman–Crippen MR) is 105 cm³/mol. The van der Waals surface area contributed by atoms with Crippen molar-refractivity contribution < 1.29 is 4.39 Å². The molecular formula is C20H19ClFN5. The van der Waals surface area contributed by atoms with E-state index in [1.807, 2.05) is 35.2 Å². The van der Waals surface area contributed by atoms with Crippen molar-refractivity contribution in [3.63, 3.8) is 0 Å². The molecule has 0 unspecified atom stereocenters. The fraction of sp³-hybridized carbons (Fsp3) is 0.300. The van der Waals surface area contributed by atoms with Crippen molar-refractivity contribution in [3.8, 4) is 6.07 Å². The maximum absolute atomic E-state index is 13.8. The van der Waals surface area contributed by atoms with E-state index in [0.717, 1.165) is 22.5 Å². The molecule has 27 heavy (non-hydrogen) atoms. The smallest absolute Gasteiger partial charge is 0.206 e. The topological polar surface area (TPSA) is 70.9 Å². The maximum Gasteiger partial charge on any atom is 0.206 e. The minimum absolute atomic E-state index is 0.391. The summed E-state index contributed by atoms with van der Waals surface area (Å²) in [5.41, 5.74) is 9.36. The summed E-state index contributed by atoms with van der Waals surface area (Å²) in [7, 11) is 0. The first-order valence-corrected chi connectivity index (χ1v) is 9.22. The lowest BCUT2D eigenvalue weighted by Crippen LogP contribution is -2.50. The largest absolute Gasteiger partial charge is 0.340 e. The quantitative estimate of drug-likeness (QED) is 0.751. The number of rotatable bonds is 3. The number of piperidine rings is 1. The van der Waals surface area contributed by atoms with Gasteiger partial charge in [-0.3, -0.25) is 0 Å². The molecule has 138 valence electrons. The second kappa shape index (κ2) is 7.18. The zero-order valence-electron chi connectivity index (χ0n) is 14.6. The molecule has 2 atom stereocenters. The highest BCUT2D eigenvalue weighted by Gasteiger charge is 2.29. The fourth-order valence-corrected chi connectivity index (χ4v) is 3.65. The maximum atomic E-state index is 13.8. The summed E-state index contributed by atoms with van der Waals surface area (Å²) in [6.45, 7) is 1.56. The molecule has 0 amide bonds. The summed E-state index contributed by atoms with van der Waals surface area (Å²) in [5.74, 6) is 0.763. The van der Waals surface area contributed by atoms with Gasteiger partial charge in [-0.25, -0.2) is 9.37 Å². The Bertz CT molecular complexity index is 1010. The van der Waals surface area contributed by atoms with Gasteiger partial charge in [0.25, 0.3) is 0 Å². The van der Waals surface area contributed by atoms with Gasteiger partial charge in [0.05, 0.1) is 35.3 Å². The van der Waals surface area contributed by atoms with Crippen LogP contribution in [0, 0.1) is 11.3 Å². The van der Waals surface area contributed by atoms with Gasteiger partial charge < -0.3 is 15.2 Å². The third-order valence-corrected chi connectivity index (χ3v) is 5.20. The van der Waals surface area contributed by atoms with Gasteiger partial charge in [-0.15, -0.1) is 0 Å². The van der Waals surface area contributed by atoms with E-state index in [2.05, 4.69) is 10.6 Å². The monoisotopic (exact) mass is 383 g/mol. The number of alkyl halides is 1. The van der Waals surface area contributed by atoms with Crippen LogP contribution >= 0.6 is 11.6 Å². The lowest BCUT2D eigenvalue weighted by atomic mass is 10.1. The lowest BCUT2D eigenvalue weighted by molar-refractivity contribution is 0.243. The van der Waals surface area contributed by atoms with Gasteiger partial charge in [-0.2, -0.15) is 5.26 Å². The molecule has 1 fully saturated rings. The van der Waals surface area contributed by atoms with Gasteiger partial charge >= 0.3 is 0 Å². The van der Waals surface area contributed by atoms with E-state index in [-0.39, 0.29) is 0 Å². The highest BCUT2D eigenvalue weighted by atomic mass is 35.5. The first kappa shape index (κ1) is 17.8. The summed E-state index contributed by atoms with van der Waals surface area (Å²) >= 11 is 6.21. The fourth-order valence-electron chi connectivity index (χ4n) is 3.48. The van der Waals surface area contributed by atoms with Crippen LogP contribution in [0.5, 0.6) is 0 Å². The number of benzene rings is 2. The second-order valence-electron chi connectivity index (χ2n) is 6.85. The average Bonchev–Trinajstić information content (AvgIpc) is 3.02. The number of imidazole rings is 1. The number of nitrogens with zero attached hydrogens (tertiary/aromatic N) is 4. The molecule has 0 saturated carbocycles. The van der Waals surface area contributed by atoms with Gasteiger partial charge in [0, 0.05) is 18.1 Å². The molecule has 3 aromatic rings. The van der Waals surface area contributed by atoms with Crippen LogP contribution in [-0.2, 0) is 6.54 Å². The SMILES string of the molecule is N#Cc1ccc(Cn2c(N3CC[C@@H](F)[C@H](N)C3)nc3ccc(Cl)cc32)cc1. The van der Waals surface area contributed by atoms with Crippen LogP contribution in [0.25, 0.3) is 11.0 Å². The van der Waals surface area contributed by atoms with Gasteiger partial charge in [-0.1, -0.05) is 23.7 Å². The summed E-state index contributed by atoms with van der Waals surface area (Å²) in [6.07, 6.45) is -0.589. The Hall–Kier alpha value is -2.62. The Morgan fingerprint density at radius 1 is 1.26 bits per heavy atom. The van der Waals surface area contributed by atoms with Crippen LogP contribution in [0.1, 0.15) is 17.5 Å². The van der Waals surface area contributed by atoms with E-state index < -0.39 is 12.2 Å². The average molecular weight is 384 g/mol. The highest BCUT2D eigenvalue weighted by Crippen LogP contribution is 2.28. The van der Waals surface area contributed by atoms with Gasteiger partial charge in [0.2, 0.25) is 5.95 Å². The number of anilines is 1. The van der Waals surface area contributed by atoms with Crippen molar-refractivity contribution >= 4 is 28.6 Å². The van der Waals surface area contributed by atoms with Crippen molar-refractivity contribution in [2.75, 3.05) is 18.0 Å². The Morgan fingerprint density at radius 2 is 2.04 bits per heavy atom. The molecule has 0 bridgehead atoms. The summed E-state index contributed by atoms with van der Waals surface area (Å²) in [6, 6.07) is 14.6. The highest BCUT2D eigenvalue weighted by molar-refractivity contribution is 6.31. The molecule has 1 aliphatic heterocycles. The molecule has 2 heterocycles. The Balaban J connectivity index is 1.76. The standard InChI is InChI=1S/C20H19ClFN5/c21-15-5-6-18-19(9-15)27(11-14-3-1-13(10-23)2-4-14)20(25-18)26-8-7-16(22)17(24)12-26/h1-6,9,16-17H,7-8,11-12,24H2/t16-,17-/m1/s1. The number of aromatic nitrogens is 2. The number of hydrogen-bond donors (Lipinski definition) is 1. The third-order valence-electron chi connectivity index (χ3n) is 4.97. The van der Waals surface area contributed by atoms with E-state index in [9.17, 15) is 4.39 Å². The molecule has 1 aliphatic rings.